The molecule has 0 aliphatic heterocycles. The van der Waals surface area contributed by atoms with Crippen LogP contribution in [0.5, 0.6) is 5.75 Å². The molecule has 0 saturated heterocycles. The number of halogens is 2. The average Bonchev–Trinajstić information content (AvgIpc) is 2.13. The Morgan fingerprint density at radius 3 is 2.50 bits per heavy atom. The molecule has 5 heteroatoms. The Labute approximate surface area is 90.2 Å². The lowest BCUT2D eigenvalue weighted by atomic mass is 10.2. The van der Waals surface area contributed by atoms with Gasteiger partial charge in [-0.05, 0) is 23.8 Å². The molecule has 0 amide bonds. The molecular weight excluding hydrogens is 227 g/mol. The molecule has 0 unspecified atom stereocenters. The average molecular weight is 233 g/mol. The summed E-state index contributed by atoms with van der Waals surface area (Å²) < 4.78 is 0. The van der Waals surface area contributed by atoms with Gasteiger partial charge in [-0.3, -0.25) is 0 Å². The van der Waals surface area contributed by atoms with Crippen molar-refractivity contribution in [1.29, 1.82) is 0 Å². The molecule has 1 aromatic carbocycles. The second-order valence-corrected chi connectivity index (χ2v) is 3.23. The van der Waals surface area contributed by atoms with Crippen molar-refractivity contribution in [3.8, 4) is 5.75 Å². The molecular formula is C9H6Cl2O3. The van der Waals surface area contributed by atoms with Crippen molar-refractivity contribution >= 4 is 35.2 Å². The van der Waals surface area contributed by atoms with Gasteiger partial charge >= 0.3 is 5.97 Å². The van der Waals surface area contributed by atoms with E-state index in [1.54, 1.807) is 0 Å². The molecule has 0 aliphatic carbocycles. The van der Waals surface area contributed by atoms with E-state index >= 15 is 0 Å². The van der Waals surface area contributed by atoms with Crippen molar-refractivity contribution in [3.63, 3.8) is 0 Å². The van der Waals surface area contributed by atoms with Crippen LogP contribution < -0.4 is 0 Å². The molecule has 0 atom stereocenters. The third-order valence-corrected chi connectivity index (χ3v) is 2.38. The van der Waals surface area contributed by atoms with Crippen LogP contribution in [0, 0.1) is 0 Å². The van der Waals surface area contributed by atoms with Crippen molar-refractivity contribution in [2.75, 3.05) is 0 Å². The molecule has 3 nitrogen and oxygen atoms in total. The van der Waals surface area contributed by atoms with E-state index in [0.29, 0.717) is 5.56 Å². The number of carboxylic acid groups (broad SMARTS) is 1. The molecule has 0 aliphatic rings. The highest BCUT2D eigenvalue weighted by Gasteiger charge is 2.06. The summed E-state index contributed by atoms with van der Waals surface area (Å²) in [6.07, 6.45) is 2.24. The highest BCUT2D eigenvalue weighted by molar-refractivity contribution is 6.43. The number of hydrogen-bond acceptors (Lipinski definition) is 2. The van der Waals surface area contributed by atoms with Crippen molar-refractivity contribution < 1.29 is 15.0 Å². The van der Waals surface area contributed by atoms with Gasteiger partial charge in [0.2, 0.25) is 0 Å². The first kappa shape index (κ1) is 10.9. The van der Waals surface area contributed by atoms with Gasteiger partial charge in [0, 0.05) is 6.08 Å². The summed E-state index contributed by atoms with van der Waals surface area (Å²) in [7, 11) is 0. The molecule has 14 heavy (non-hydrogen) atoms. The van der Waals surface area contributed by atoms with Gasteiger partial charge in [-0.1, -0.05) is 23.2 Å². The first-order valence-electron chi connectivity index (χ1n) is 3.60. The SMILES string of the molecule is O=C(O)/C=C\c1ccc(O)c(Cl)c1Cl. The van der Waals surface area contributed by atoms with Crippen LogP contribution >= 0.6 is 23.2 Å². The summed E-state index contributed by atoms with van der Waals surface area (Å²) in [6.45, 7) is 0. The van der Waals surface area contributed by atoms with Gasteiger partial charge in [-0.25, -0.2) is 4.79 Å². The van der Waals surface area contributed by atoms with E-state index < -0.39 is 5.97 Å². The number of aromatic hydroxyl groups is 1. The summed E-state index contributed by atoms with van der Waals surface area (Å²) in [5, 5.41) is 17.7. The number of phenols is 1. The molecule has 0 heterocycles. The number of benzene rings is 1. The fourth-order valence-corrected chi connectivity index (χ4v) is 1.24. The standard InChI is InChI=1S/C9H6Cl2O3/c10-8-5(2-4-7(13)14)1-3-6(12)9(8)11/h1-4,12H,(H,13,14)/b4-2-. The quantitative estimate of drug-likeness (QED) is 0.772. The van der Waals surface area contributed by atoms with Gasteiger partial charge < -0.3 is 10.2 Å². The van der Waals surface area contributed by atoms with Crippen molar-refractivity contribution in [1.82, 2.24) is 0 Å². The molecule has 0 bridgehead atoms. The smallest absolute Gasteiger partial charge is 0.328 e. The minimum absolute atomic E-state index is 0.0132. The van der Waals surface area contributed by atoms with Gasteiger partial charge in [0.25, 0.3) is 0 Å². The number of hydrogen-bond donors (Lipinski definition) is 2. The predicted octanol–water partition coefficient (Wildman–Crippen LogP) is 2.80. The lowest BCUT2D eigenvalue weighted by Gasteiger charge is -2.02. The molecule has 0 radical (unpaired) electrons. The normalized spacial score (nSPS) is 10.7. The van der Waals surface area contributed by atoms with Crippen molar-refractivity contribution in [2.24, 2.45) is 0 Å². The van der Waals surface area contributed by atoms with Crippen molar-refractivity contribution in [2.45, 2.75) is 0 Å². The number of rotatable bonds is 2. The zero-order valence-electron chi connectivity index (χ0n) is 6.87. The van der Waals surface area contributed by atoms with E-state index in [4.69, 9.17) is 33.4 Å². The van der Waals surface area contributed by atoms with Crippen LogP contribution in [-0.2, 0) is 4.79 Å². The molecule has 0 spiro atoms. The Bertz CT molecular complexity index is 399. The molecule has 0 fully saturated rings. The topological polar surface area (TPSA) is 57.5 Å². The largest absolute Gasteiger partial charge is 0.506 e. The first-order chi connectivity index (χ1) is 6.52. The Kier molecular flexibility index (Phi) is 3.38. The lowest BCUT2D eigenvalue weighted by Crippen LogP contribution is -1.86. The predicted molar refractivity (Wildman–Crippen MR) is 54.8 cm³/mol. The maximum absolute atomic E-state index is 10.2. The summed E-state index contributed by atoms with van der Waals surface area (Å²) in [5.74, 6) is -1.21. The number of aliphatic carboxylic acids is 1. The third-order valence-electron chi connectivity index (χ3n) is 1.50. The Hall–Kier alpha value is -1.19. The Morgan fingerprint density at radius 1 is 1.29 bits per heavy atom. The molecule has 1 rings (SSSR count). The second kappa shape index (κ2) is 4.35. The fraction of sp³-hybridized carbons (Fsp3) is 0. The van der Waals surface area contributed by atoms with Gasteiger partial charge in [-0.2, -0.15) is 0 Å². The summed E-state index contributed by atoms with van der Waals surface area (Å²) >= 11 is 11.4. The van der Waals surface area contributed by atoms with Gasteiger partial charge in [-0.15, -0.1) is 0 Å². The van der Waals surface area contributed by atoms with Gasteiger partial charge in [0.05, 0.1) is 5.02 Å². The summed E-state index contributed by atoms with van der Waals surface area (Å²) in [5.41, 5.74) is 0.442. The molecule has 1 aromatic rings. The number of carbonyl (C=O) groups is 1. The Balaban J connectivity index is 3.12. The van der Waals surface area contributed by atoms with Crippen LogP contribution in [0.3, 0.4) is 0 Å². The minimum Gasteiger partial charge on any atom is -0.506 e. The maximum Gasteiger partial charge on any atom is 0.328 e. The second-order valence-electron chi connectivity index (χ2n) is 2.47. The highest BCUT2D eigenvalue weighted by Crippen LogP contribution is 2.34. The van der Waals surface area contributed by atoms with Crippen LogP contribution in [-0.4, -0.2) is 16.2 Å². The van der Waals surface area contributed by atoms with E-state index in [1.807, 2.05) is 0 Å². The molecule has 0 aromatic heterocycles. The Morgan fingerprint density at radius 2 is 1.93 bits per heavy atom. The molecule has 2 N–H and O–H groups in total. The number of phenolic OH excluding ortho intramolecular Hbond substituents is 1. The van der Waals surface area contributed by atoms with E-state index in [2.05, 4.69) is 0 Å². The zero-order chi connectivity index (χ0) is 10.7. The lowest BCUT2D eigenvalue weighted by molar-refractivity contribution is -0.131. The monoisotopic (exact) mass is 232 g/mol. The molecule has 74 valence electrons. The van der Waals surface area contributed by atoms with Gasteiger partial charge in [0.1, 0.15) is 10.8 Å². The maximum atomic E-state index is 10.2. The first-order valence-corrected chi connectivity index (χ1v) is 4.36. The van der Waals surface area contributed by atoms with Crippen LogP contribution in [0.15, 0.2) is 18.2 Å². The van der Waals surface area contributed by atoms with E-state index in [1.165, 1.54) is 18.2 Å². The fourth-order valence-electron chi connectivity index (χ4n) is 0.844. The summed E-state index contributed by atoms with van der Waals surface area (Å²) in [4.78, 5) is 10.2. The van der Waals surface area contributed by atoms with E-state index in [-0.39, 0.29) is 15.8 Å². The summed E-state index contributed by atoms with van der Waals surface area (Å²) in [6, 6.07) is 2.82. The van der Waals surface area contributed by atoms with Crippen LogP contribution in [0.4, 0.5) is 0 Å². The van der Waals surface area contributed by atoms with Crippen LogP contribution in [0.1, 0.15) is 5.56 Å². The van der Waals surface area contributed by atoms with Crippen molar-refractivity contribution in [3.05, 3.63) is 33.8 Å². The van der Waals surface area contributed by atoms with Crippen LogP contribution in [0.2, 0.25) is 10.0 Å². The van der Waals surface area contributed by atoms with E-state index in [9.17, 15) is 4.79 Å². The van der Waals surface area contributed by atoms with Crippen LogP contribution in [0.25, 0.3) is 6.08 Å². The van der Waals surface area contributed by atoms with Gasteiger partial charge in [0.15, 0.2) is 0 Å². The molecule has 0 saturated carbocycles. The zero-order valence-corrected chi connectivity index (χ0v) is 8.38. The van der Waals surface area contributed by atoms with E-state index in [0.717, 1.165) is 6.08 Å². The number of carboxylic acids is 1. The third kappa shape index (κ3) is 2.40. The minimum atomic E-state index is -1.08. The highest BCUT2D eigenvalue weighted by atomic mass is 35.5.